The minimum absolute atomic E-state index is 0.250. The Hall–Kier alpha value is -0.610. The topological polar surface area (TPSA) is 61.4 Å². The molecule has 1 unspecified atom stereocenters. The lowest BCUT2D eigenvalue weighted by Crippen LogP contribution is -2.29. The van der Waals surface area contributed by atoms with Crippen molar-refractivity contribution in [3.8, 4) is 0 Å². The van der Waals surface area contributed by atoms with E-state index in [0.29, 0.717) is 12.5 Å². The third-order valence-corrected chi connectivity index (χ3v) is 1.89. The molecule has 0 aromatic heterocycles. The van der Waals surface area contributed by atoms with E-state index in [0.717, 1.165) is 19.5 Å². The van der Waals surface area contributed by atoms with Crippen LogP contribution in [0.5, 0.6) is 0 Å². The van der Waals surface area contributed by atoms with Gasteiger partial charge in [-0.3, -0.25) is 4.79 Å². The van der Waals surface area contributed by atoms with Gasteiger partial charge in [-0.2, -0.15) is 0 Å². The molecule has 0 saturated heterocycles. The molecule has 0 aliphatic heterocycles. The molecule has 0 saturated carbocycles. The smallest absolute Gasteiger partial charge is 0.303 e. The van der Waals surface area contributed by atoms with Gasteiger partial charge in [0.2, 0.25) is 0 Å². The summed E-state index contributed by atoms with van der Waals surface area (Å²) in [5, 5.41) is 14.8. The van der Waals surface area contributed by atoms with Crippen LogP contribution in [-0.2, 0) is 4.79 Å². The second kappa shape index (κ2) is 8.01. The molecule has 1 atom stereocenters. The van der Waals surface area contributed by atoms with Gasteiger partial charge in [0.05, 0.1) is 0 Å². The van der Waals surface area contributed by atoms with Crippen molar-refractivity contribution in [2.75, 3.05) is 20.1 Å². The highest BCUT2D eigenvalue weighted by molar-refractivity contribution is 5.66. The third kappa shape index (κ3) is 9.30. The van der Waals surface area contributed by atoms with Crippen molar-refractivity contribution in [2.24, 2.45) is 0 Å². The van der Waals surface area contributed by atoms with Crippen molar-refractivity contribution in [1.29, 1.82) is 0 Å². The highest BCUT2D eigenvalue weighted by Crippen LogP contribution is 1.95. The van der Waals surface area contributed by atoms with Crippen LogP contribution < -0.4 is 10.6 Å². The van der Waals surface area contributed by atoms with E-state index >= 15 is 0 Å². The Balaban J connectivity index is 3.19. The molecule has 0 bridgehead atoms. The van der Waals surface area contributed by atoms with E-state index in [2.05, 4.69) is 10.6 Å². The number of hydrogen-bond donors (Lipinski definition) is 3. The molecule has 13 heavy (non-hydrogen) atoms. The van der Waals surface area contributed by atoms with Crippen LogP contribution in [-0.4, -0.2) is 37.3 Å². The van der Waals surface area contributed by atoms with Crippen LogP contribution in [0.2, 0.25) is 0 Å². The van der Waals surface area contributed by atoms with Crippen molar-refractivity contribution in [3.05, 3.63) is 0 Å². The molecular weight excluding hydrogens is 168 g/mol. The van der Waals surface area contributed by atoms with Crippen LogP contribution in [0.3, 0.4) is 0 Å². The maximum absolute atomic E-state index is 10.2. The van der Waals surface area contributed by atoms with E-state index < -0.39 is 5.97 Å². The molecule has 0 spiro atoms. The van der Waals surface area contributed by atoms with Crippen LogP contribution in [0.25, 0.3) is 0 Å². The molecule has 0 radical (unpaired) electrons. The van der Waals surface area contributed by atoms with Gasteiger partial charge >= 0.3 is 5.97 Å². The van der Waals surface area contributed by atoms with Crippen molar-refractivity contribution < 1.29 is 9.90 Å². The van der Waals surface area contributed by atoms with Crippen LogP contribution >= 0.6 is 0 Å². The van der Waals surface area contributed by atoms with Gasteiger partial charge < -0.3 is 15.7 Å². The average molecular weight is 188 g/mol. The van der Waals surface area contributed by atoms with E-state index in [-0.39, 0.29) is 6.42 Å². The van der Waals surface area contributed by atoms with Gasteiger partial charge in [-0.05, 0) is 39.9 Å². The van der Waals surface area contributed by atoms with Crippen LogP contribution in [0, 0.1) is 0 Å². The minimum atomic E-state index is -0.719. The van der Waals surface area contributed by atoms with Crippen LogP contribution in [0.15, 0.2) is 0 Å². The highest BCUT2D eigenvalue weighted by Gasteiger charge is 2.03. The molecule has 0 aliphatic carbocycles. The Bertz CT molecular complexity index is 140. The zero-order valence-corrected chi connectivity index (χ0v) is 8.47. The van der Waals surface area contributed by atoms with Gasteiger partial charge in [-0.1, -0.05) is 0 Å². The summed E-state index contributed by atoms with van der Waals surface area (Å²) in [6.45, 7) is 3.96. The molecule has 3 N–H and O–H groups in total. The first kappa shape index (κ1) is 12.4. The normalized spacial score (nSPS) is 12.8. The molecule has 0 rings (SSSR count). The highest BCUT2D eigenvalue weighted by atomic mass is 16.4. The number of carbonyl (C=O) groups is 1. The standard InChI is InChI=1S/C9H20N2O2/c1-8(4-5-9(12)13)11-7-3-6-10-2/h8,10-11H,3-7H2,1-2H3,(H,12,13). The molecule has 0 aromatic carbocycles. The predicted molar refractivity (Wildman–Crippen MR) is 52.9 cm³/mol. The third-order valence-electron chi connectivity index (χ3n) is 1.89. The predicted octanol–water partition coefficient (Wildman–Crippen LogP) is 0.439. The summed E-state index contributed by atoms with van der Waals surface area (Å²) >= 11 is 0. The minimum Gasteiger partial charge on any atom is -0.481 e. The molecule has 0 fully saturated rings. The maximum atomic E-state index is 10.2. The summed E-state index contributed by atoms with van der Waals surface area (Å²) in [6, 6.07) is 0.299. The Morgan fingerprint density at radius 3 is 2.69 bits per heavy atom. The lowest BCUT2D eigenvalue weighted by molar-refractivity contribution is -0.137. The molecule has 0 aromatic rings. The number of hydrogen-bond acceptors (Lipinski definition) is 3. The van der Waals surface area contributed by atoms with Crippen molar-refractivity contribution in [2.45, 2.75) is 32.2 Å². The Kier molecular flexibility index (Phi) is 7.63. The van der Waals surface area contributed by atoms with E-state index in [1.807, 2.05) is 14.0 Å². The van der Waals surface area contributed by atoms with Crippen LogP contribution in [0.1, 0.15) is 26.2 Å². The summed E-state index contributed by atoms with van der Waals surface area (Å²) in [7, 11) is 1.92. The summed E-state index contributed by atoms with van der Waals surface area (Å²) in [6.07, 6.45) is 2.03. The Labute approximate surface area is 79.7 Å². The van der Waals surface area contributed by atoms with Gasteiger partial charge in [-0.15, -0.1) is 0 Å². The summed E-state index contributed by atoms with van der Waals surface area (Å²) in [5.74, 6) is -0.719. The zero-order valence-electron chi connectivity index (χ0n) is 8.47. The number of rotatable bonds is 8. The second-order valence-corrected chi connectivity index (χ2v) is 3.24. The molecule has 4 nitrogen and oxygen atoms in total. The van der Waals surface area contributed by atoms with Crippen molar-refractivity contribution in [1.82, 2.24) is 10.6 Å². The average Bonchev–Trinajstić information content (AvgIpc) is 2.09. The fourth-order valence-electron chi connectivity index (χ4n) is 1.06. The Morgan fingerprint density at radius 1 is 1.46 bits per heavy atom. The van der Waals surface area contributed by atoms with E-state index in [1.165, 1.54) is 0 Å². The largest absolute Gasteiger partial charge is 0.481 e. The van der Waals surface area contributed by atoms with Gasteiger partial charge in [0.25, 0.3) is 0 Å². The quantitative estimate of drug-likeness (QED) is 0.484. The Morgan fingerprint density at radius 2 is 2.15 bits per heavy atom. The lowest BCUT2D eigenvalue weighted by atomic mass is 10.2. The van der Waals surface area contributed by atoms with Crippen molar-refractivity contribution >= 4 is 5.97 Å². The van der Waals surface area contributed by atoms with E-state index in [9.17, 15) is 4.79 Å². The van der Waals surface area contributed by atoms with E-state index in [4.69, 9.17) is 5.11 Å². The van der Waals surface area contributed by atoms with Gasteiger partial charge in [0.1, 0.15) is 0 Å². The zero-order chi connectivity index (χ0) is 10.1. The van der Waals surface area contributed by atoms with Crippen molar-refractivity contribution in [3.63, 3.8) is 0 Å². The fraction of sp³-hybridized carbons (Fsp3) is 0.889. The number of nitrogens with one attached hydrogen (secondary N) is 2. The fourth-order valence-corrected chi connectivity index (χ4v) is 1.06. The molecule has 4 heteroatoms. The molecule has 0 amide bonds. The lowest BCUT2D eigenvalue weighted by Gasteiger charge is -2.11. The van der Waals surface area contributed by atoms with Gasteiger partial charge in [0.15, 0.2) is 0 Å². The molecular formula is C9H20N2O2. The number of aliphatic carboxylic acids is 1. The SMILES string of the molecule is CNCCCNC(C)CCC(=O)O. The number of carboxylic acids is 1. The molecule has 0 heterocycles. The number of carboxylic acid groups (broad SMARTS) is 1. The summed E-state index contributed by atoms with van der Waals surface area (Å²) in [5.41, 5.74) is 0. The second-order valence-electron chi connectivity index (χ2n) is 3.24. The van der Waals surface area contributed by atoms with Gasteiger partial charge in [-0.25, -0.2) is 0 Å². The van der Waals surface area contributed by atoms with E-state index in [1.54, 1.807) is 0 Å². The van der Waals surface area contributed by atoms with Crippen LogP contribution in [0.4, 0.5) is 0 Å². The first-order valence-electron chi connectivity index (χ1n) is 4.76. The summed E-state index contributed by atoms with van der Waals surface area (Å²) < 4.78 is 0. The summed E-state index contributed by atoms with van der Waals surface area (Å²) in [4.78, 5) is 10.2. The first-order valence-corrected chi connectivity index (χ1v) is 4.76. The maximum Gasteiger partial charge on any atom is 0.303 e. The van der Waals surface area contributed by atoms with Gasteiger partial charge in [0, 0.05) is 12.5 Å². The molecule has 78 valence electrons. The molecule has 0 aliphatic rings. The monoisotopic (exact) mass is 188 g/mol. The first-order chi connectivity index (χ1) is 6.16.